The molecule has 0 fully saturated rings. The van der Waals surface area contributed by atoms with Crippen LogP contribution in [0.4, 0.5) is 5.69 Å². The number of nitrogens with one attached hydrogen (secondary N) is 4. The van der Waals surface area contributed by atoms with E-state index in [9.17, 15) is 4.79 Å². The van der Waals surface area contributed by atoms with Crippen molar-refractivity contribution in [2.45, 2.75) is 12.8 Å². The summed E-state index contributed by atoms with van der Waals surface area (Å²) in [7, 11) is 0. The molecule has 0 saturated heterocycles. The van der Waals surface area contributed by atoms with E-state index in [-0.39, 0.29) is 5.91 Å². The van der Waals surface area contributed by atoms with E-state index in [0.29, 0.717) is 18.7 Å². The Hall–Kier alpha value is -3.54. The van der Waals surface area contributed by atoms with Crippen molar-refractivity contribution >= 4 is 22.5 Å². The Morgan fingerprint density at radius 2 is 1.93 bits per heavy atom. The molecule has 1 aliphatic carbocycles. The Bertz CT molecular complexity index is 1140. The number of aryl methyl sites for hydroxylation is 2. The highest BCUT2D eigenvalue weighted by Crippen LogP contribution is 2.36. The molecule has 4 N–H and O–H groups in total. The van der Waals surface area contributed by atoms with Gasteiger partial charge in [-0.2, -0.15) is 5.10 Å². The molecule has 5 rings (SSSR count). The number of rotatable bonds is 5. The van der Waals surface area contributed by atoms with E-state index >= 15 is 0 Å². The lowest BCUT2D eigenvalue weighted by Gasteiger charge is -2.11. The van der Waals surface area contributed by atoms with E-state index in [1.54, 1.807) is 0 Å². The molecule has 4 aromatic rings. The summed E-state index contributed by atoms with van der Waals surface area (Å²) >= 11 is 0. The van der Waals surface area contributed by atoms with Gasteiger partial charge in [0.1, 0.15) is 0 Å². The minimum atomic E-state index is -0.0634. The molecule has 28 heavy (non-hydrogen) atoms. The van der Waals surface area contributed by atoms with Gasteiger partial charge in [-0.3, -0.25) is 9.89 Å². The summed E-state index contributed by atoms with van der Waals surface area (Å²) in [6.45, 7) is 1.24. The highest BCUT2D eigenvalue weighted by molar-refractivity contribution is 6.00. The minimum absolute atomic E-state index is 0.0634. The van der Waals surface area contributed by atoms with Crippen LogP contribution in [-0.4, -0.2) is 34.2 Å². The second-order valence-electron chi connectivity index (χ2n) is 7.06. The fourth-order valence-electron chi connectivity index (χ4n) is 3.89. The SMILES string of the molecule is O=C(NCCNc1ccccc1)c1ccc2c3c([nH]c2c1)-c1[nH]ncc1CC3. The molecular formula is C22H21N5O. The van der Waals surface area contributed by atoms with E-state index in [2.05, 4.69) is 25.8 Å². The predicted octanol–water partition coefficient (Wildman–Crippen LogP) is 3.50. The molecule has 0 spiro atoms. The lowest BCUT2D eigenvalue weighted by molar-refractivity contribution is 0.0955. The Balaban J connectivity index is 1.29. The third-order valence-corrected chi connectivity index (χ3v) is 5.29. The molecule has 0 saturated carbocycles. The van der Waals surface area contributed by atoms with Crippen LogP contribution in [0.2, 0.25) is 0 Å². The van der Waals surface area contributed by atoms with E-state index < -0.39 is 0 Å². The third-order valence-electron chi connectivity index (χ3n) is 5.29. The number of carbonyl (C=O) groups excluding carboxylic acids is 1. The number of nitrogens with zero attached hydrogens (tertiary/aromatic N) is 1. The number of aromatic nitrogens is 3. The topological polar surface area (TPSA) is 85.6 Å². The van der Waals surface area contributed by atoms with Crippen LogP contribution in [0.25, 0.3) is 22.3 Å². The number of hydrogen-bond acceptors (Lipinski definition) is 3. The number of anilines is 1. The van der Waals surface area contributed by atoms with Crippen LogP contribution < -0.4 is 10.6 Å². The summed E-state index contributed by atoms with van der Waals surface area (Å²) < 4.78 is 0. The summed E-state index contributed by atoms with van der Waals surface area (Å²) in [5.41, 5.74) is 7.40. The van der Waals surface area contributed by atoms with Gasteiger partial charge in [0.05, 0.1) is 17.6 Å². The van der Waals surface area contributed by atoms with Crippen LogP contribution >= 0.6 is 0 Å². The van der Waals surface area contributed by atoms with Gasteiger partial charge < -0.3 is 15.6 Å². The molecule has 0 aliphatic heterocycles. The normalized spacial score (nSPS) is 12.4. The summed E-state index contributed by atoms with van der Waals surface area (Å²) in [5, 5.41) is 14.7. The van der Waals surface area contributed by atoms with Crippen molar-refractivity contribution in [1.82, 2.24) is 20.5 Å². The maximum atomic E-state index is 12.5. The zero-order chi connectivity index (χ0) is 18.9. The monoisotopic (exact) mass is 371 g/mol. The number of H-pyrrole nitrogens is 2. The van der Waals surface area contributed by atoms with E-state index in [4.69, 9.17) is 0 Å². The Morgan fingerprint density at radius 1 is 1.04 bits per heavy atom. The van der Waals surface area contributed by atoms with Crippen molar-refractivity contribution in [2.75, 3.05) is 18.4 Å². The van der Waals surface area contributed by atoms with Crippen LogP contribution in [0.15, 0.2) is 54.7 Å². The summed E-state index contributed by atoms with van der Waals surface area (Å²) in [6, 6.07) is 15.8. The van der Waals surface area contributed by atoms with Crippen LogP contribution in [0.3, 0.4) is 0 Å². The van der Waals surface area contributed by atoms with E-state index in [1.807, 2.05) is 54.7 Å². The molecule has 2 aromatic carbocycles. The third kappa shape index (κ3) is 2.93. The molecular weight excluding hydrogens is 350 g/mol. The second kappa shape index (κ2) is 6.88. The van der Waals surface area contributed by atoms with Crippen molar-refractivity contribution in [2.24, 2.45) is 0 Å². The predicted molar refractivity (Wildman–Crippen MR) is 111 cm³/mol. The molecule has 0 unspecified atom stereocenters. The van der Waals surface area contributed by atoms with Crippen molar-refractivity contribution in [3.05, 3.63) is 71.4 Å². The van der Waals surface area contributed by atoms with Crippen molar-refractivity contribution in [3.63, 3.8) is 0 Å². The number of carbonyl (C=O) groups is 1. The summed E-state index contributed by atoms with van der Waals surface area (Å²) in [6.07, 6.45) is 3.87. The van der Waals surface area contributed by atoms with Gasteiger partial charge >= 0.3 is 0 Å². The smallest absolute Gasteiger partial charge is 0.251 e. The van der Waals surface area contributed by atoms with Crippen molar-refractivity contribution in [1.29, 1.82) is 0 Å². The van der Waals surface area contributed by atoms with Gasteiger partial charge in [0.25, 0.3) is 5.91 Å². The first-order valence-electron chi connectivity index (χ1n) is 9.54. The van der Waals surface area contributed by atoms with Crippen LogP contribution in [0.5, 0.6) is 0 Å². The first kappa shape index (κ1) is 16.6. The van der Waals surface area contributed by atoms with Crippen LogP contribution in [0, 0.1) is 0 Å². The largest absolute Gasteiger partial charge is 0.383 e. The van der Waals surface area contributed by atoms with Gasteiger partial charge in [0.2, 0.25) is 0 Å². The number of benzene rings is 2. The van der Waals surface area contributed by atoms with Gasteiger partial charge in [0, 0.05) is 35.2 Å². The maximum Gasteiger partial charge on any atom is 0.251 e. The molecule has 0 bridgehead atoms. The molecule has 6 heteroatoms. The summed E-state index contributed by atoms with van der Waals surface area (Å²) in [4.78, 5) is 16.0. The number of amides is 1. The molecule has 2 heterocycles. The molecule has 1 amide bonds. The average Bonchev–Trinajstić information content (AvgIpc) is 3.35. The fourth-order valence-corrected chi connectivity index (χ4v) is 3.89. The molecule has 140 valence electrons. The maximum absolute atomic E-state index is 12.5. The quantitative estimate of drug-likeness (QED) is 0.405. The van der Waals surface area contributed by atoms with Crippen LogP contribution in [0.1, 0.15) is 21.5 Å². The molecule has 0 atom stereocenters. The number of para-hydroxylation sites is 1. The van der Waals surface area contributed by atoms with Crippen molar-refractivity contribution in [3.8, 4) is 11.4 Å². The highest BCUT2D eigenvalue weighted by atomic mass is 16.1. The molecule has 2 aromatic heterocycles. The summed E-state index contributed by atoms with van der Waals surface area (Å²) in [5.74, 6) is -0.0634. The molecule has 0 radical (unpaired) electrons. The zero-order valence-corrected chi connectivity index (χ0v) is 15.4. The Morgan fingerprint density at radius 3 is 2.82 bits per heavy atom. The molecule has 6 nitrogen and oxygen atoms in total. The lowest BCUT2D eigenvalue weighted by atomic mass is 9.94. The first-order chi connectivity index (χ1) is 13.8. The van der Waals surface area contributed by atoms with Crippen molar-refractivity contribution < 1.29 is 4.79 Å². The van der Waals surface area contributed by atoms with Gasteiger partial charge in [-0.1, -0.05) is 24.3 Å². The average molecular weight is 371 g/mol. The zero-order valence-electron chi connectivity index (χ0n) is 15.4. The van der Waals surface area contributed by atoms with Gasteiger partial charge in [-0.25, -0.2) is 0 Å². The Kier molecular flexibility index (Phi) is 4.09. The van der Waals surface area contributed by atoms with Gasteiger partial charge in [0.15, 0.2) is 0 Å². The molecule has 1 aliphatic rings. The van der Waals surface area contributed by atoms with Gasteiger partial charge in [-0.05, 0) is 48.2 Å². The van der Waals surface area contributed by atoms with E-state index in [1.165, 1.54) is 16.5 Å². The lowest BCUT2D eigenvalue weighted by Crippen LogP contribution is -2.28. The standard InChI is InChI=1S/C22H21N5O/c28-22(24-11-10-23-16-4-2-1-3-5-16)14-6-8-17-18-9-7-15-13-25-27-20(15)21(18)26-19(17)12-14/h1-6,8,12-13,23,26H,7,9-11H2,(H,24,28)(H,25,27). The van der Waals surface area contributed by atoms with E-state index in [0.717, 1.165) is 35.4 Å². The van der Waals surface area contributed by atoms with Crippen LogP contribution in [-0.2, 0) is 12.8 Å². The first-order valence-corrected chi connectivity index (χ1v) is 9.54. The van der Waals surface area contributed by atoms with Gasteiger partial charge in [-0.15, -0.1) is 0 Å². The highest BCUT2D eigenvalue weighted by Gasteiger charge is 2.22. The minimum Gasteiger partial charge on any atom is -0.383 e. The number of hydrogen-bond donors (Lipinski definition) is 4. The second-order valence-corrected chi connectivity index (χ2v) is 7.06. The Labute approximate surface area is 162 Å². The number of fused-ring (bicyclic) bond motifs is 5. The number of aromatic amines is 2. The fraction of sp³-hybridized carbons (Fsp3) is 0.182.